The standard InChI is InChI=1S/C15H20Cl2N2O3/c1-8(2)6-13(20)15(22)19-12(14(18)21)7-9-10(16)4-3-5-11(9)17/h3-5,8,12-13,20H,6-7H2,1-2H3,(H2,18,21)(H,19,22)/t12-,13+/m1/s1. The summed E-state index contributed by atoms with van der Waals surface area (Å²) in [7, 11) is 0. The van der Waals surface area contributed by atoms with Crippen molar-refractivity contribution in [1.82, 2.24) is 5.32 Å². The zero-order chi connectivity index (χ0) is 16.9. The molecule has 22 heavy (non-hydrogen) atoms. The normalized spacial score (nSPS) is 13.7. The Bertz CT molecular complexity index is 529. The van der Waals surface area contributed by atoms with Crippen LogP contribution in [0.25, 0.3) is 0 Å². The quantitative estimate of drug-likeness (QED) is 0.704. The van der Waals surface area contributed by atoms with Crippen molar-refractivity contribution in [2.45, 2.75) is 38.8 Å². The molecule has 0 aliphatic rings. The number of halogens is 2. The number of rotatable bonds is 7. The zero-order valence-electron chi connectivity index (χ0n) is 12.5. The van der Waals surface area contributed by atoms with E-state index in [2.05, 4.69) is 5.32 Å². The molecule has 2 amide bonds. The minimum Gasteiger partial charge on any atom is -0.383 e. The lowest BCUT2D eigenvalue weighted by Crippen LogP contribution is -2.49. The summed E-state index contributed by atoms with van der Waals surface area (Å²) in [6.45, 7) is 3.76. The molecule has 5 nitrogen and oxygen atoms in total. The third-order valence-corrected chi connectivity index (χ3v) is 3.84. The van der Waals surface area contributed by atoms with Crippen LogP contribution >= 0.6 is 23.2 Å². The maximum absolute atomic E-state index is 11.9. The van der Waals surface area contributed by atoms with Crippen LogP contribution in [0.5, 0.6) is 0 Å². The molecular formula is C15H20Cl2N2O3. The van der Waals surface area contributed by atoms with Gasteiger partial charge in [-0.15, -0.1) is 0 Å². The number of nitrogens with one attached hydrogen (secondary N) is 1. The van der Waals surface area contributed by atoms with Gasteiger partial charge in [-0.25, -0.2) is 0 Å². The number of carbonyl (C=O) groups is 2. The second kappa shape index (κ2) is 8.36. The lowest BCUT2D eigenvalue weighted by Gasteiger charge is -2.20. The number of benzene rings is 1. The number of nitrogens with two attached hydrogens (primary N) is 1. The first-order chi connectivity index (χ1) is 10.2. The summed E-state index contributed by atoms with van der Waals surface area (Å²) < 4.78 is 0. The summed E-state index contributed by atoms with van der Waals surface area (Å²) >= 11 is 12.1. The Morgan fingerprint density at radius 1 is 1.27 bits per heavy atom. The lowest BCUT2D eigenvalue weighted by atomic mass is 10.0. The van der Waals surface area contributed by atoms with Crippen LogP contribution in [0.2, 0.25) is 10.0 Å². The molecule has 0 radical (unpaired) electrons. The van der Waals surface area contributed by atoms with E-state index in [4.69, 9.17) is 28.9 Å². The van der Waals surface area contributed by atoms with E-state index in [0.717, 1.165) is 0 Å². The van der Waals surface area contributed by atoms with Crippen LogP contribution in [0.3, 0.4) is 0 Å². The van der Waals surface area contributed by atoms with Crippen LogP contribution in [0.15, 0.2) is 18.2 Å². The minimum atomic E-state index is -1.19. The summed E-state index contributed by atoms with van der Waals surface area (Å²) in [5.41, 5.74) is 5.83. The van der Waals surface area contributed by atoms with Crippen molar-refractivity contribution >= 4 is 35.0 Å². The topological polar surface area (TPSA) is 92.4 Å². The highest BCUT2D eigenvalue weighted by Gasteiger charge is 2.25. The number of aliphatic hydroxyl groups excluding tert-OH is 1. The van der Waals surface area contributed by atoms with Gasteiger partial charge in [0.05, 0.1) is 0 Å². The van der Waals surface area contributed by atoms with Gasteiger partial charge < -0.3 is 16.2 Å². The number of aliphatic hydroxyl groups is 1. The molecule has 0 unspecified atom stereocenters. The van der Waals surface area contributed by atoms with Crippen LogP contribution in [0.4, 0.5) is 0 Å². The monoisotopic (exact) mass is 346 g/mol. The molecule has 1 aromatic carbocycles. The van der Waals surface area contributed by atoms with Crippen LogP contribution in [0.1, 0.15) is 25.8 Å². The SMILES string of the molecule is CC(C)C[C@H](O)C(=O)N[C@H](Cc1c(Cl)cccc1Cl)C(N)=O. The van der Waals surface area contributed by atoms with Crippen LogP contribution in [-0.2, 0) is 16.0 Å². The Hall–Kier alpha value is -1.30. The molecule has 0 saturated heterocycles. The van der Waals surface area contributed by atoms with Crippen molar-refractivity contribution in [3.63, 3.8) is 0 Å². The fraction of sp³-hybridized carbons (Fsp3) is 0.467. The highest BCUT2D eigenvalue weighted by atomic mass is 35.5. The Morgan fingerprint density at radius 2 is 1.82 bits per heavy atom. The molecule has 1 aromatic rings. The van der Waals surface area contributed by atoms with Crippen molar-refractivity contribution in [3.05, 3.63) is 33.8 Å². The molecule has 1 rings (SSSR count). The predicted octanol–water partition coefficient (Wildman–Crippen LogP) is 1.91. The van der Waals surface area contributed by atoms with E-state index in [1.54, 1.807) is 18.2 Å². The molecule has 122 valence electrons. The summed E-state index contributed by atoms with van der Waals surface area (Å²) in [5.74, 6) is -1.22. The average Bonchev–Trinajstić information content (AvgIpc) is 2.40. The minimum absolute atomic E-state index is 0.0635. The van der Waals surface area contributed by atoms with E-state index in [0.29, 0.717) is 22.0 Å². The summed E-state index contributed by atoms with van der Waals surface area (Å²) in [5, 5.41) is 13.0. The number of amides is 2. The summed E-state index contributed by atoms with van der Waals surface area (Å²) in [6, 6.07) is 3.96. The van der Waals surface area contributed by atoms with Gasteiger partial charge in [0.1, 0.15) is 12.1 Å². The Labute approximate surface area is 139 Å². The molecule has 2 atom stereocenters. The van der Waals surface area contributed by atoms with E-state index in [9.17, 15) is 14.7 Å². The largest absolute Gasteiger partial charge is 0.383 e. The van der Waals surface area contributed by atoms with Crippen molar-refractivity contribution in [2.75, 3.05) is 0 Å². The van der Waals surface area contributed by atoms with Gasteiger partial charge in [-0.3, -0.25) is 9.59 Å². The lowest BCUT2D eigenvalue weighted by molar-refractivity contribution is -0.133. The maximum atomic E-state index is 11.9. The molecule has 0 spiro atoms. The van der Waals surface area contributed by atoms with Gasteiger partial charge in [-0.2, -0.15) is 0 Å². The van der Waals surface area contributed by atoms with E-state index in [-0.39, 0.29) is 12.3 Å². The fourth-order valence-corrected chi connectivity index (χ4v) is 2.53. The summed E-state index contributed by atoms with van der Waals surface area (Å²) in [4.78, 5) is 23.5. The molecule has 0 aliphatic carbocycles. The molecule has 4 N–H and O–H groups in total. The van der Waals surface area contributed by atoms with Crippen molar-refractivity contribution in [2.24, 2.45) is 11.7 Å². The van der Waals surface area contributed by atoms with Crippen LogP contribution < -0.4 is 11.1 Å². The van der Waals surface area contributed by atoms with Gasteiger partial charge in [-0.1, -0.05) is 43.1 Å². The molecule has 0 bridgehead atoms. The highest BCUT2D eigenvalue weighted by molar-refractivity contribution is 6.36. The summed E-state index contributed by atoms with van der Waals surface area (Å²) in [6.07, 6.45) is -0.832. The molecule has 0 saturated carbocycles. The van der Waals surface area contributed by atoms with Gasteiger partial charge in [0, 0.05) is 16.5 Å². The Morgan fingerprint density at radius 3 is 2.27 bits per heavy atom. The number of carbonyl (C=O) groups excluding carboxylic acids is 2. The molecule has 0 aromatic heterocycles. The number of hydrogen-bond acceptors (Lipinski definition) is 3. The molecule has 0 heterocycles. The molecule has 0 fully saturated rings. The van der Waals surface area contributed by atoms with Gasteiger partial charge in [0.25, 0.3) is 0 Å². The zero-order valence-corrected chi connectivity index (χ0v) is 14.0. The first-order valence-electron chi connectivity index (χ1n) is 6.93. The number of hydrogen-bond donors (Lipinski definition) is 3. The van der Waals surface area contributed by atoms with E-state index >= 15 is 0 Å². The van der Waals surface area contributed by atoms with Crippen molar-refractivity contribution in [3.8, 4) is 0 Å². The van der Waals surface area contributed by atoms with Crippen LogP contribution in [0, 0.1) is 5.92 Å². The Balaban J connectivity index is 2.83. The third kappa shape index (κ3) is 5.48. The second-order valence-corrected chi connectivity index (χ2v) is 6.33. The van der Waals surface area contributed by atoms with E-state index < -0.39 is 24.0 Å². The van der Waals surface area contributed by atoms with E-state index in [1.165, 1.54) is 0 Å². The molecule has 7 heteroatoms. The Kier molecular flexibility index (Phi) is 7.13. The first kappa shape index (κ1) is 18.7. The predicted molar refractivity (Wildman–Crippen MR) is 86.8 cm³/mol. The van der Waals surface area contributed by atoms with Gasteiger partial charge in [-0.05, 0) is 30.0 Å². The molecule has 0 aliphatic heterocycles. The van der Waals surface area contributed by atoms with Gasteiger partial charge in [0.2, 0.25) is 11.8 Å². The van der Waals surface area contributed by atoms with Gasteiger partial charge in [0.15, 0.2) is 0 Å². The van der Waals surface area contributed by atoms with Crippen LogP contribution in [-0.4, -0.2) is 29.1 Å². The molecular weight excluding hydrogens is 327 g/mol. The van der Waals surface area contributed by atoms with Crippen molar-refractivity contribution in [1.29, 1.82) is 0 Å². The highest BCUT2D eigenvalue weighted by Crippen LogP contribution is 2.25. The smallest absolute Gasteiger partial charge is 0.249 e. The van der Waals surface area contributed by atoms with E-state index in [1.807, 2.05) is 13.8 Å². The second-order valence-electron chi connectivity index (χ2n) is 5.51. The maximum Gasteiger partial charge on any atom is 0.249 e. The average molecular weight is 347 g/mol. The van der Waals surface area contributed by atoms with Gasteiger partial charge >= 0.3 is 0 Å². The fourth-order valence-electron chi connectivity index (χ4n) is 1.98. The third-order valence-electron chi connectivity index (χ3n) is 3.13. The van der Waals surface area contributed by atoms with Crippen molar-refractivity contribution < 1.29 is 14.7 Å². The number of primary amides is 1. The first-order valence-corrected chi connectivity index (χ1v) is 7.68.